The first-order chi connectivity index (χ1) is 7.78. The van der Waals surface area contributed by atoms with Gasteiger partial charge in [-0.15, -0.1) is 11.3 Å². The highest BCUT2D eigenvalue weighted by molar-refractivity contribution is 7.09. The van der Waals surface area contributed by atoms with Gasteiger partial charge in [-0.05, 0) is 33.3 Å². The monoisotopic (exact) mass is 254 g/mol. The van der Waals surface area contributed by atoms with Crippen molar-refractivity contribution in [2.24, 2.45) is 0 Å². The summed E-state index contributed by atoms with van der Waals surface area (Å²) in [6.07, 6.45) is -0.426. The quantitative estimate of drug-likeness (QED) is 0.901. The van der Waals surface area contributed by atoms with E-state index in [0.717, 1.165) is 16.3 Å². The van der Waals surface area contributed by atoms with Crippen LogP contribution >= 0.6 is 11.3 Å². The van der Waals surface area contributed by atoms with Gasteiger partial charge in [0, 0.05) is 5.38 Å². The minimum Gasteiger partial charge on any atom is -0.444 e. The number of hydrogen-bond donors (Lipinski definition) is 1. The molecule has 1 heterocycles. The summed E-state index contributed by atoms with van der Waals surface area (Å²) in [5.74, 6) is 0. The number of amides is 1. The van der Waals surface area contributed by atoms with Crippen LogP contribution in [0.25, 0.3) is 5.57 Å². The predicted molar refractivity (Wildman–Crippen MR) is 69.9 cm³/mol. The summed E-state index contributed by atoms with van der Waals surface area (Å²) in [6.45, 7) is 11.6. The standard InChI is InChI=1S/C12H18N2O2S/c1-8(2)9-7-17-10(14-9)6-13-11(15)16-12(3,4)5/h7H,1,6H2,2-5H3,(H,13,15). The number of alkyl carbamates (subject to hydrolysis) is 1. The van der Waals surface area contributed by atoms with Crippen LogP contribution in [0.15, 0.2) is 12.0 Å². The summed E-state index contributed by atoms with van der Waals surface area (Å²) >= 11 is 1.50. The van der Waals surface area contributed by atoms with Crippen LogP contribution in [0.2, 0.25) is 0 Å². The Kier molecular flexibility index (Phi) is 4.28. The molecular formula is C12H18N2O2S. The molecular weight excluding hydrogens is 236 g/mol. The number of carbonyl (C=O) groups is 1. The van der Waals surface area contributed by atoms with Gasteiger partial charge >= 0.3 is 6.09 Å². The van der Waals surface area contributed by atoms with E-state index >= 15 is 0 Å². The number of nitrogens with zero attached hydrogens (tertiary/aromatic N) is 1. The van der Waals surface area contributed by atoms with Crippen molar-refractivity contribution in [3.63, 3.8) is 0 Å². The third kappa shape index (κ3) is 4.99. The van der Waals surface area contributed by atoms with E-state index in [2.05, 4.69) is 16.9 Å². The van der Waals surface area contributed by atoms with E-state index < -0.39 is 11.7 Å². The first-order valence-corrected chi connectivity index (χ1v) is 6.23. The molecule has 1 aromatic rings. The molecule has 0 bridgehead atoms. The van der Waals surface area contributed by atoms with Gasteiger partial charge in [0.05, 0.1) is 12.2 Å². The van der Waals surface area contributed by atoms with Crippen LogP contribution in [0.4, 0.5) is 4.79 Å². The zero-order chi connectivity index (χ0) is 13.1. The largest absolute Gasteiger partial charge is 0.444 e. The number of carbonyl (C=O) groups excluding carboxylic acids is 1. The normalized spacial score (nSPS) is 11.1. The van der Waals surface area contributed by atoms with Gasteiger partial charge in [-0.3, -0.25) is 0 Å². The van der Waals surface area contributed by atoms with Gasteiger partial charge in [0.15, 0.2) is 0 Å². The molecule has 5 heteroatoms. The van der Waals surface area contributed by atoms with Crippen LogP contribution < -0.4 is 5.32 Å². The number of aromatic nitrogens is 1. The SMILES string of the molecule is C=C(C)c1csc(CNC(=O)OC(C)(C)C)n1. The Morgan fingerprint density at radius 2 is 2.24 bits per heavy atom. The van der Waals surface area contributed by atoms with Crippen LogP contribution in [-0.2, 0) is 11.3 Å². The fourth-order valence-corrected chi connectivity index (χ4v) is 1.86. The Bertz CT molecular complexity index is 418. The van der Waals surface area contributed by atoms with Gasteiger partial charge < -0.3 is 10.1 Å². The summed E-state index contributed by atoms with van der Waals surface area (Å²) < 4.78 is 5.12. The summed E-state index contributed by atoms with van der Waals surface area (Å²) in [7, 11) is 0. The Labute approximate surface area is 106 Å². The number of rotatable bonds is 3. The van der Waals surface area contributed by atoms with Crippen molar-refractivity contribution in [1.82, 2.24) is 10.3 Å². The second kappa shape index (κ2) is 5.31. The summed E-state index contributed by atoms with van der Waals surface area (Å²) in [6, 6.07) is 0. The topological polar surface area (TPSA) is 51.2 Å². The fourth-order valence-electron chi connectivity index (χ4n) is 1.05. The molecule has 0 aliphatic rings. The maximum absolute atomic E-state index is 11.4. The highest BCUT2D eigenvalue weighted by Crippen LogP contribution is 2.15. The predicted octanol–water partition coefficient (Wildman–Crippen LogP) is 3.20. The maximum Gasteiger partial charge on any atom is 0.408 e. The van der Waals surface area contributed by atoms with Crippen molar-refractivity contribution >= 4 is 23.0 Å². The first kappa shape index (κ1) is 13.7. The van der Waals surface area contributed by atoms with Crippen molar-refractivity contribution in [2.75, 3.05) is 0 Å². The number of nitrogens with one attached hydrogen (secondary N) is 1. The average Bonchev–Trinajstić information content (AvgIpc) is 2.60. The second-order valence-electron chi connectivity index (χ2n) is 4.76. The van der Waals surface area contributed by atoms with Crippen molar-refractivity contribution in [3.05, 3.63) is 22.7 Å². The molecule has 1 rings (SSSR count). The van der Waals surface area contributed by atoms with Crippen LogP contribution in [0.5, 0.6) is 0 Å². The fraction of sp³-hybridized carbons (Fsp3) is 0.500. The molecule has 0 aromatic carbocycles. The van der Waals surface area contributed by atoms with E-state index in [1.165, 1.54) is 11.3 Å². The van der Waals surface area contributed by atoms with E-state index in [1.54, 1.807) is 0 Å². The highest BCUT2D eigenvalue weighted by atomic mass is 32.1. The molecule has 17 heavy (non-hydrogen) atoms. The Balaban J connectivity index is 2.45. The van der Waals surface area contributed by atoms with Gasteiger partial charge in [0.1, 0.15) is 10.6 Å². The molecule has 0 spiro atoms. The van der Waals surface area contributed by atoms with Crippen molar-refractivity contribution < 1.29 is 9.53 Å². The zero-order valence-corrected chi connectivity index (χ0v) is 11.5. The third-order valence-electron chi connectivity index (χ3n) is 1.77. The number of thiazole rings is 1. The molecule has 0 atom stereocenters. The van der Waals surface area contributed by atoms with Crippen molar-refractivity contribution in [3.8, 4) is 0 Å². The minimum atomic E-state index is -0.476. The van der Waals surface area contributed by atoms with Crippen LogP contribution in [0.3, 0.4) is 0 Å². The van der Waals surface area contributed by atoms with Gasteiger partial charge in [-0.25, -0.2) is 9.78 Å². The summed E-state index contributed by atoms with van der Waals surface area (Å²) in [5, 5.41) is 5.43. The Hall–Kier alpha value is -1.36. The molecule has 1 amide bonds. The molecule has 0 saturated carbocycles. The molecule has 0 aliphatic carbocycles. The third-order valence-corrected chi connectivity index (χ3v) is 2.62. The molecule has 4 nitrogen and oxygen atoms in total. The highest BCUT2D eigenvalue weighted by Gasteiger charge is 2.16. The molecule has 94 valence electrons. The summed E-state index contributed by atoms with van der Waals surface area (Å²) in [4.78, 5) is 15.7. The van der Waals surface area contributed by atoms with Gasteiger partial charge in [0.2, 0.25) is 0 Å². The molecule has 0 radical (unpaired) electrons. The van der Waals surface area contributed by atoms with Crippen molar-refractivity contribution in [2.45, 2.75) is 39.8 Å². The summed E-state index contributed by atoms with van der Waals surface area (Å²) in [5.41, 5.74) is 1.32. The number of ether oxygens (including phenoxy) is 1. The van der Waals surface area contributed by atoms with E-state index in [0.29, 0.717) is 6.54 Å². The lowest BCUT2D eigenvalue weighted by Crippen LogP contribution is -2.32. The molecule has 0 aliphatic heterocycles. The Morgan fingerprint density at radius 3 is 2.71 bits per heavy atom. The number of hydrogen-bond acceptors (Lipinski definition) is 4. The lowest BCUT2D eigenvalue weighted by molar-refractivity contribution is 0.0523. The van der Waals surface area contributed by atoms with Crippen LogP contribution in [0, 0.1) is 0 Å². The van der Waals surface area contributed by atoms with E-state index in [4.69, 9.17) is 4.74 Å². The van der Waals surface area contributed by atoms with Gasteiger partial charge in [-0.1, -0.05) is 6.58 Å². The lowest BCUT2D eigenvalue weighted by atomic mass is 10.2. The van der Waals surface area contributed by atoms with Gasteiger partial charge in [-0.2, -0.15) is 0 Å². The van der Waals surface area contributed by atoms with Crippen LogP contribution in [0.1, 0.15) is 38.4 Å². The molecule has 1 aromatic heterocycles. The second-order valence-corrected chi connectivity index (χ2v) is 5.70. The van der Waals surface area contributed by atoms with Crippen molar-refractivity contribution in [1.29, 1.82) is 0 Å². The van der Waals surface area contributed by atoms with Gasteiger partial charge in [0.25, 0.3) is 0 Å². The smallest absolute Gasteiger partial charge is 0.408 e. The average molecular weight is 254 g/mol. The maximum atomic E-state index is 11.4. The molecule has 0 unspecified atom stereocenters. The molecule has 0 saturated heterocycles. The zero-order valence-electron chi connectivity index (χ0n) is 10.7. The van der Waals surface area contributed by atoms with E-state index in [1.807, 2.05) is 33.1 Å². The molecule has 0 fully saturated rings. The number of allylic oxidation sites excluding steroid dienone is 1. The lowest BCUT2D eigenvalue weighted by Gasteiger charge is -2.19. The van der Waals surface area contributed by atoms with Crippen LogP contribution in [-0.4, -0.2) is 16.7 Å². The Morgan fingerprint density at radius 1 is 1.59 bits per heavy atom. The van der Waals surface area contributed by atoms with E-state index in [-0.39, 0.29) is 0 Å². The first-order valence-electron chi connectivity index (χ1n) is 5.35. The van der Waals surface area contributed by atoms with E-state index in [9.17, 15) is 4.79 Å². The molecule has 1 N–H and O–H groups in total. The minimum absolute atomic E-state index is 0.382.